The molecule has 0 aliphatic carbocycles. The second kappa shape index (κ2) is 7.56. The van der Waals surface area contributed by atoms with Crippen molar-refractivity contribution in [2.45, 2.75) is 37.7 Å². The fraction of sp³-hybridized carbons (Fsp3) is 0.533. The van der Waals surface area contributed by atoms with Crippen molar-refractivity contribution in [2.75, 3.05) is 18.8 Å². The number of benzene rings is 1. The number of likely N-dealkylation sites (N-methyl/N-ethyl adjacent to an activating group) is 1. The third-order valence-corrected chi connectivity index (χ3v) is 3.65. The summed E-state index contributed by atoms with van der Waals surface area (Å²) in [5, 5.41) is 9.77. The molecular formula is C15H23NO2S. The molecule has 1 N–H and O–H groups in total. The summed E-state index contributed by atoms with van der Waals surface area (Å²) in [5.41, 5.74) is -0.835. The molecule has 1 amide bonds. The number of rotatable bonds is 7. The van der Waals surface area contributed by atoms with Crippen molar-refractivity contribution in [3.63, 3.8) is 0 Å². The zero-order valence-electron chi connectivity index (χ0n) is 11.9. The number of hydrogen-bond donors (Lipinski definition) is 1. The molecule has 0 spiro atoms. The molecule has 0 bridgehead atoms. The Morgan fingerprint density at radius 1 is 1.32 bits per heavy atom. The number of hydrogen-bond acceptors (Lipinski definition) is 3. The van der Waals surface area contributed by atoms with Gasteiger partial charge in [0.1, 0.15) is 0 Å². The molecule has 3 nitrogen and oxygen atoms in total. The van der Waals surface area contributed by atoms with Gasteiger partial charge in [-0.3, -0.25) is 4.79 Å². The van der Waals surface area contributed by atoms with Crippen LogP contribution < -0.4 is 0 Å². The fourth-order valence-electron chi connectivity index (χ4n) is 1.77. The fourth-order valence-corrected chi connectivity index (χ4v) is 2.64. The summed E-state index contributed by atoms with van der Waals surface area (Å²) >= 11 is 1.68. The number of nitrogens with zero attached hydrogens (tertiary/aromatic N) is 1. The highest BCUT2D eigenvalue weighted by molar-refractivity contribution is 7.99. The Morgan fingerprint density at radius 3 is 2.47 bits per heavy atom. The van der Waals surface area contributed by atoms with Crippen LogP contribution in [0.2, 0.25) is 0 Å². The highest BCUT2D eigenvalue weighted by atomic mass is 32.2. The normalized spacial score (nSPS) is 11.4. The Labute approximate surface area is 120 Å². The zero-order valence-corrected chi connectivity index (χ0v) is 12.7. The van der Waals surface area contributed by atoms with Gasteiger partial charge in [0.05, 0.1) is 5.60 Å². The van der Waals surface area contributed by atoms with E-state index in [0.717, 1.165) is 5.75 Å². The molecule has 0 atom stereocenters. The molecule has 0 aromatic heterocycles. The van der Waals surface area contributed by atoms with E-state index in [1.807, 2.05) is 37.3 Å². The Hall–Kier alpha value is -1.00. The molecule has 0 saturated carbocycles. The van der Waals surface area contributed by atoms with E-state index in [4.69, 9.17) is 0 Å². The second-order valence-corrected chi connectivity index (χ2v) is 6.30. The molecule has 0 saturated heterocycles. The number of aliphatic hydroxyl groups is 1. The van der Waals surface area contributed by atoms with Crippen molar-refractivity contribution >= 4 is 17.7 Å². The van der Waals surface area contributed by atoms with E-state index in [-0.39, 0.29) is 5.91 Å². The maximum Gasteiger partial charge on any atom is 0.223 e. The summed E-state index contributed by atoms with van der Waals surface area (Å²) < 4.78 is 0. The first-order chi connectivity index (χ1) is 8.92. The van der Waals surface area contributed by atoms with Gasteiger partial charge in [0.2, 0.25) is 5.91 Å². The van der Waals surface area contributed by atoms with Gasteiger partial charge in [-0.2, -0.15) is 0 Å². The molecule has 0 radical (unpaired) electrons. The van der Waals surface area contributed by atoms with Gasteiger partial charge in [-0.05, 0) is 32.9 Å². The summed E-state index contributed by atoms with van der Waals surface area (Å²) in [7, 11) is 0. The summed E-state index contributed by atoms with van der Waals surface area (Å²) in [5.74, 6) is 0.874. The van der Waals surface area contributed by atoms with Crippen molar-refractivity contribution in [2.24, 2.45) is 0 Å². The van der Waals surface area contributed by atoms with E-state index < -0.39 is 5.60 Å². The highest BCUT2D eigenvalue weighted by Crippen LogP contribution is 2.18. The largest absolute Gasteiger partial charge is 0.389 e. The molecule has 0 aliphatic heterocycles. The lowest BCUT2D eigenvalue weighted by molar-refractivity contribution is -0.133. The molecule has 106 valence electrons. The first-order valence-electron chi connectivity index (χ1n) is 6.60. The van der Waals surface area contributed by atoms with Gasteiger partial charge in [0.15, 0.2) is 0 Å². The van der Waals surface area contributed by atoms with Crippen molar-refractivity contribution in [1.82, 2.24) is 4.90 Å². The van der Waals surface area contributed by atoms with Crippen molar-refractivity contribution in [3.8, 4) is 0 Å². The minimum atomic E-state index is -0.835. The molecule has 0 aliphatic rings. The van der Waals surface area contributed by atoms with E-state index in [2.05, 4.69) is 0 Å². The van der Waals surface area contributed by atoms with Gasteiger partial charge in [-0.25, -0.2) is 0 Å². The average Bonchev–Trinajstić information content (AvgIpc) is 2.36. The zero-order chi connectivity index (χ0) is 14.3. The first-order valence-corrected chi connectivity index (χ1v) is 7.59. The lowest BCUT2D eigenvalue weighted by atomic mass is 10.1. The van der Waals surface area contributed by atoms with E-state index in [1.54, 1.807) is 30.5 Å². The van der Waals surface area contributed by atoms with Crippen molar-refractivity contribution < 1.29 is 9.90 Å². The lowest BCUT2D eigenvalue weighted by Gasteiger charge is -2.28. The molecule has 0 heterocycles. The third-order valence-electron chi connectivity index (χ3n) is 2.64. The van der Waals surface area contributed by atoms with Crippen molar-refractivity contribution in [1.29, 1.82) is 0 Å². The summed E-state index contributed by atoms with van der Waals surface area (Å²) in [6.07, 6.45) is 0.503. The quantitative estimate of drug-likeness (QED) is 0.781. The Kier molecular flexibility index (Phi) is 6.38. The van der Waals surface area contributed by atoms with E-state index >= 15 is 0 Å². The summed E-state index contributed by atoms with van der Waals surface area (Å²) in [6.45, 7) is 6.41. The van der Waals surface area contributed by atoms with Crippen LogP contribution >= 0.6 is 11.8 Å². The third kappa shape index (κ3) is 6.64. The van der Waals surface area contributed by atoms with Gasteiger partial charge < -0.3 is 10.0 Å². The number of amides is 1. The monoisotopic (exact) mass is 281 g/mol. The van der Waals surface area contributed by atoms with Crippen LogP contribution in [0.4, 0.5) is 0 Å². The summed E-state index contributed by atoms with van der Waals surface area (Å²) in [6, 6.07) is 10.1. The molecule has 19 heavy (non-hydrogen) atoms. The van der Waals surface area contributed by atoms with Crippen LogP contribution in [-0.2, 0) is 4.79 Å². The smallest absolute Gasteiger partial charge is 0.223 e. The van der Waals surface area contributed by atoms with Gasteiger partial charge in [-0.15, -0.1) is 11.8 Å². The number of carbonyl (C=O) groups is 1. The van der Waals surface area contributed by atoms with Crippen LogP contribution in [0.1, 0.15) is 27.2 Å². The van der Waals surface area contributed by atoms with Crippen LogP contribution in [0.25, 0.3) is 0 Å². The predicted molar refractivity (Wildman–Crippen MR) is 80.3 cm³/mol. The number of thioether (sulfide) groups is 1. The van der Waals surface area contributed by atoms with Crippen LogP contribution in [0.15, 0.2) is 35.2 Å². The van der Waals surface area contributed by atoms with Gasteiger partial charge >= 0.3 is 0 Å². The maximum atomic E-state index is 12.0. The Balaban J connectivity index is 2.37. The highest BCUT2D eigenvalue weighted by Gasteiger charge is 2.20. The molecule has 1 aromatic carbocycles. The van der Waals surface area contributed by atoms with E-state index in [0.29, 0.717) is 19.5 Å². The van der Waals surface area contributed by atoms with Crippen LogP contribution in [0.3, 0.4) is 0 Å². The molecule has 0 unspecified atom stereocenters. The Morgan fingerprint density at radius 2 is 1.95 bits per heavy atom. The lowest BCUT2D eigenvalue weighted by Crippen LogP contribution is -2.42. The molecule has 4 heteroatoms. The SMILES string of the molecule is CCN(CC(C)(C)O)C(=O)CCSc1ccccc1. The molecule has 1 rings (SSSR count). The van der Waals surface area contributed by atoms with Gasteiger partial charge in [0, 0.05) is 30.2 Å². The predicted octanol–water partition coefficient (Wildman–Crippen LogP) is 2.79. The average molecular weight is 281 g/mol. The molecule has 0 fully saturated rings. The van der Waals surface area contributed by atoms with Crippen molar-refractivity contribution in [3.05, 3.63) is 30.3 Å². The summed E-state index contributed by atoms with van der Waals surface area (Å²) in [4.78, 5) is 14.9. The van der Waals surface area contributed by atoms with Gasteiger partial charge in [0.25, 0.3) is 0 Å². The van der Waals surface area contributed by atoms with Crippen LogP contribution in [-0.4, -0.2) is 40.4 Å². The first kappa shape index (κ1) is 16.1. The van der Waals surface area contributed by atoms with E-state index in [9.17, 15) is 9.90 Å². The molecule has 1 aromatic rings. The van der Waals surface area contributed by atoms with E-state index in [1.165, 1.54) is 4.90 Å². The standard InChI is InChI=1S/C15H23NO2S/c1-4-16(12-15(2,3)18)14(17)10-11-19-13-8-6-5-7-9-13/h5-9,18H,4,10-12H2,1-3H3. The number of carbonyl (C=O) groups excluding carboxylic acids is 1. The Bertz CT molecular complexity index is 387. The minimum Gasteiger partial charge on any atom is -0.389 e. The maximum absolute atomic E-state index is 12.0. The minimum absolute atomic E-state index is 0.105. The van der Waals surface area contributed by atoms with Crippen LogP contribution in [0.5, 0.6) is 0 Å². The topological polar surface area (TPSA) is 40.5 Å². The molecular weight excluding hydrogens is 258 g/mol. The van der Waals surface area contributed by atoms with Crippen LogP contribution in [0, 0.1) is 0 Å². The second-order valence-electron chi connectivity index (χ2n) is 5.13. The van der Waals surface area contributed by atoms with Gasteiger partial charge in [-0.1, -0.05) is 18.2 Å².